The van der Waals surface area contributed by atoms with Gasteiger partial charge < -0.3 is 15.2 Å². The predicted octanol–water partition coefficient (Wildman–Crippen LogP) is 3.36. The number of aromatic hydroxyl groups is 1. The Balaban J connectivity index is 1.69. The Bertz CT molecular complexity index is 1090. The molecule has 0 aliphatic carbocycles. The Morgan fingerprint density at radius 1 is 1.04 bits per heavy atom. The third kappa shape index (κ3) is 4.38. The average molecular weight is 385 g/mol. The van der Waals surface area contributed by atoms with Crippen LogP contribution in [0.2, 0.25) is 0 Å². The number of rotatable bonds is 6. The van der Waals surface area contributed by atoms with Gasteiger partial charge in [-0.3, -0.25) is 4.79 Å². The summed E-state index contributed by atoms with van der Waals surface area (Å²) in [6.45, 7) is 1.25. The fourth-order valence-electron chi connectivity index (χ4n) is 2.57. The Kier molecular flexibility index (Phi) is 5.32. The number of ether oxygens (including phenoxy) is 1. The monoisotopic (exact) mass is 385 g/mol. The Hall–Kier alpha value is -3.06. The smallest absolute Gasteiger partial charge is 0.262 e. The number of amides is 1. The number of benzene rings is 3. The molecule has 0 radical (unpaired) electrons. The number of fused-ring (bicyclic) bond motifs is 1. The van der Waals surface area contributed by atoms with Crippen LogP contribution in [-0.2, 0) is 14.6 Å². The summed E-state index contributed by atoms with van der Waals surface area (Å²) in [5.74, 6) is -0.264. The molecule has 3 rings (SSSR count). The van der Waals surface area contributed by atoms with Gasteiger partial charge >= 0.3 is 0 Å². The predicted molar refractivity (Wildman–Crippen MR) is 104 cm³/mol. The molecule has 0 atom stereocenters. The minimum atomic E-state index is -3.44. The van der Waals surface area contributed by atoms with Gasteiger partial charge in [-0.2, -0.15) is 0 Å². The average Bonchev–Trinajstić information content (AvgIpc) is 2.67. The van der Waals surface area contributed by atoms with Gasteiger partial charge in [0.2, 0.25) is 0 Å². The molecule has 0 saturated carbocycles. The normalized spacial score (nSPS) is 11.3. The minimum absolute atomic E-state index is 0.0247. The number of sulfone groups is 1. The minimum Gasteiger partial charge on any atom is -0.506 e. The molecule has 0 fully saturated rings. The van der Waals surface area contributed by atoms with Gasteiger partial charge in [-0.25, -0.2) is 8.42 Å². The molecule has 0 heterocycles. The largest absolute Gasteiger partial charge is 0.506 e. The van der Waals surface area contributed by atoms with Gasteiger partial charge in [0.25, 0.3) is 5.91 Å². The zero-order valence-electron chi connectivity index (χ0n) is 14.7. The fourth-order valence-corrected chi connectivity index (χ4v) is 3.47. The van der Waals surface area contributed by atoms with Gasteiger partial charge in [0.15, 0.2) is 16.4 Å². The van der Waals surface area contributed by atoms with E-state index in [1.807, 2.05) is 36.4 Å². The van der Waals surface area contributed by atoms with E-state index in [0.717, 1.165) is 10.8 Å². The van der Waals surface area contributed by atoms with Gasteiger partial charge in [-0.1, -0.05) is 37.3 Å². The number of phenolic OH excluding ortho intramolecular Hbond substituents is 1. The van der Waals surface area contributed by atoms with Crippen LogP contribution in [0.4, 0.5) is 5.69 Å². The molecule has 0 unspecified atom stereocenters. The van der Waals surface area contributed by atoms with Crippen LogP contribution in [0.5, 0.6) is 11.5 Å². The van der Waals surface area contributed by atoms with Crippen LogP contribution in [0.25, 0.3) is 10.8 Å². The van der Waals surface area contributed by atoms with E-state index in [2.05, 4.69) is 5.32 Å². The van der Waals surface area contributed by atoms with Gasteiger partial charge in [-0.15, -0.1) is 0 Å². The second-order valence-electron chi connectivity index (χ2n) is 5.93. The molecular formula is C20H19NO5S. The molecule has 0 aliphatic rings. The zero-order chi connectivity index (χ0) is 19.4. The van der Waals surface area contributed by atoms with Gasteiger partial charge in [0.1, 0.15) is 11.5 Å². The van der Waals surface area contributed by atoms with Crippen LogP contribution in [0.15, 0.2) is 65.6 Å². The van der Waals surface area contributed by atoms with Crippen molar-refractivity contribution in [3.05, 3.63) is 60.7 Å². The number of hydrogen-bond acceptors (Lipinski definition) is 5. The molecule has 2 N–H and O–H groups in total. The molecule has 0 saturated heterocycles. The summed E-state index contributed by atoms with van der Waals surface area (Å²) in [7, 11) is -3.44. The maximum Gasteiger partial charge on any atom is 0.262 e. The van der Waals surface area contributed by atoms with E-state index in [9.17, 15) is 18.3 Å². The van der Waals surface area contributed by atoms with Crippen molar-refractivity contribution >= 4 is 32.2 Å². The zero-order valence-corrected chi connectivity index (χ0v) is 15.5. The fraction of sp³-hybridized carbons (Fsp3) is 0.150. The van der Waals surface area contributed by atoms with E-state index >= 15 is 0 Å². The van der Waals surface area contributed by atoms with Crippen molar-refractivity contribution in [1.29, 1.82) is 0 Å². The summed E-state index contributed by atoms with van der Waals surface area (Å²) in [5, 5.41) is 14.4. The standard InChI is InChI=1S/C20H19NO5S/c1-2-27(24,25)17-9-10-19(22)18(12-17)21-20(23)13-26-16-8-7-14-5-3-4-6-15(14)11-16/h3-12,22H,2,13H2,1H3,(H,21,23). The van der Waals surface area contributed by atoms with Gasteiger partial charge in [-0.05, 0) is 41.1 Å². The number of anilines is 1. The molecule has 3 aromatic rings. The number of carbonyl (C=O) groups is 1. The van der Waals surface area contributed by atoms with Crippen molar-refractivity contribution in [2.75, 3.05) is 17.7 Å². The Labute approximate surface area is 157 Å². The highest BCUT2D eigenvalue weighted by molar-refractivity contribution is 7.91. The molecule has 0 bridgehead atoms. The molecule has 0 spiro atoms. The van der Waals surface area contributed by atoms with Crippen LogP contribution in [-0.4, -0.2) is 31.8 Å². The summed E-state index contributed by atoms with van der Waals surface area (Å²) in [6, 6.07) is 17.0. The highest BCUT2D eigenvalue weighted by Gasteiger charge is 2.15. The second kappa shape index (κ2) is 7.67. The molecule has 7 heteroatoms. The third-order valence-electron chi connectivity index (χ3n) is 4.07. The lowest BCUT2D eigenvalue weighted by atomic mass is 10.1. The molecule has 27 heavy (non-hydrogen) atoms. The maximum absolute atomic E-state index is 12.1. The molecule has 1 amide bonds. The van der Waals surface area contributed by atoms with Crippen LogP contribution >= 0.6 is 0 Å². The topological polar surface area (TPSA) is 92.7 Å². The number of nitrogens with one attached hydrogen (secondary N) is 1. The van der Waals surface area contributed by atoms with Crippen molar-refractivity contribution in [3.8, 4) is 11.5 Å². The Morgan fingerprint density at radius 3 is 2.52 bits per heavy atom. The lowest BCUT2D eigenvalue weighted by Crippen LogP contribution is -2.20. The molecule has 0 aliphatic heterocycles. The number of phenols is 1. The second-order valence-corrected chi connectivity index (χ2v) is 8.21. The summed E-state index contributed by atoms with van der Waals surface area (Å²) in [5.41, 5.74) is 0.0247. The molecular weight excluding hydrogens is 366 g/mol. The number of hydrogen-bond donors (Lipinski definition) is 2. The van der Waals surface area contributed by atoms with Crippen molar-refractivity contribution in [3.63, 3.8) is 0 Å². The van der Waals surface area contributed by atoms with E-state index in [-0.39, 0.29) is 28.7 Å². The van der Waals surface area contributed by atoms with Gasteiger partial charge in [0.05, 0.1) is 16.3 Å². The van der Waals surface area contributed by atoms with Crippen molar-refractivity contribution < 1.29 is 23.1 Å². The molecule has 140 valence electrons. The summed E-state index contributed by atoms with van der Waals surface area (Å²) in [6.07, 6.45) is 0. The highest BCUT2D eigenvalue weighted by atomic mass is 32.2. The third-order valence-corrected chi connectivity index (χ3v) is 5.80. The maximum atomic E-state index is 12.1. The first-order valence-corrected chi connectivity index (χ1v) is 10.0. The quantitative estimate of drug-likeness (QED) is 0.635. The summed E-state index contributed by atoms with van der Waals surface area (Å²) < 4.78 is 29.4. The highest BCUT2D eigenvalue weighted by Crippen LogP contribution is 2.27. The van der Waals surface area contributed by atoms with E-state index in [4.69, 9.17) is 4.74 Å². The van der Waals surface area contributed by atoms with E-state index < -0.39 is 15.7 Å². The summed E-state index contributed by atoms with van der Waals surface area (Å²) in [4.78, 5) is 12.2. The molecule has 6 nitrogen and oxygen atoms in total. The van der Waals surface area contributed by atoms with Crippen LogP contribution in [0, 0.1) is 0 Å². The SMILES string of the molecule is CCS(=O)(=O)c1ccc(O)c(NC(=O)COc2ccc3ccccc3c2)c1. The lowest BCUT2D eigenvalue weighted by Gasteiger charge is -2.11. The first-order valence-electron chi connectivity index (χ1n) is 8.36. The van der Waals surface area contributed by atoms with Crippen LogP contribution in [0.3, 0.4) is 0 Å². The number of carbonyl (C=O) groups excluding carboxylic acids is 1. The van der Waals surface area contributed by atoms with Crippen molar-refractivity contribution in [2.45, 2.75) is 11.8 Å². The summed E-state index contributed by atoms with van der Waals surface area (Å²) >= 11 is 0. The van der Waals surface area contributed by atoms with E-state index in [1.165, 1.54) is 25.1 Å². The van der Waals surface area contributed by atoms with Crippen molar-refractivity contribution in [2.24, 2.45) is 0 Å². The van der Waals surface area contributed by atoms with Crippen LogP contribution < -0.4 is 10.1 Å². The Morgan fingerprint density at radius 2 is 1.78 bits per heavy atom. The van der Waals surface area contributed by atoms with Crippen LogP contribution in [0.1, 0.15) is 6.92 Å². The molecule has 0 aromatic heterocycles. The first kappa shape index (κ1) is 18.7. The molecule has 3 aromatic carbocycles. The van der Waals surface area contributed by atoms with E-state index in [1.54, 1.807) is 6.07 Å². The van der Waals surface area contributed by atoms with E-state index in [0.29, 0.717) is 5.75 Å². The van der Waals surface area contributed by atoms with Gasteiger partial charge in [0, 0.05) is 0 Å². The van der Waals surface area contributed by atoms with Crippen molar-refractivity contribution in [1.82, 2.24) is 0 Å². The first-order chi connectivity index (χ1) is 12.9. The lowest BCUT2D eigenvalue weighted by molar-refractivity contribution is -0.118.